The molecule has 21 heavy (non-hydrogen) atoms. The molecule has 2 aromatic heterocycles. The van der Waals surface area contributed by atoms with Crippen molar-refractivity contribution >= 4 is 40.8 Å². The summed E-state index contributed by atoms with van der Waals surface area (Å²) in [5, 5.41) is 5.16. The van der Waals surface area contributed by atoms with Gasteiger partial charge in [0.05, 0.1) is 21.3 Å². The highest BCUT2D eigenvalue weighted by molar-refractivity contribution is 7.19. The predicted molar refractivity (Wildman–Crippen MR) is 86.5 cm³/mol. The van der Waals surface area contributed by atoms with Crippen LogP contribution in [0.5, 0.6) is 0 Å². The van der Waals surface area contributed by atoms with Crippen molar-refractivity contribution in [3.8, 4) is 10.6 Å². The van der Waals surface area contributed by atoms with Crippen molar-refractivity contribution in [2.45, 2.75) is 6.54 Å². The summed E-state index contributed by atoms with van der Waals surface area (Å²) in [6.07, 6.45) is 2.54. The third-order valence-corrected chi connectivity index (χ3v) is 4.43. The number of hydrogen-bond donors (Lipinski definition) is 0. The molecule has 106 valence electrons. The third kappa shape index (κ3) is 3.18. The molecule has 0 aliphatic rings. The SMILES string of the molecule is O=Cc1cn(Cc2cccc(Cl)c2)nc1-c1ccc(Cl)s1. The fraction of sp³-hybridized carbons (Fsp3) is 0.0667. The van der Waals surface area contributed by atoms with E-state index in [-0.39, 0.29) is 0 Å². The van der Waals surface area contributed by atoms with E-state index in [1.165, 1.54) is 11.3 Å². The number of aromatic nitrogens is 2. The van der Waals surface area contributed by atoms with E-state index < -0.39 is 0 Å². The van der Waals surface area contributed by atoms with Crippen LogP contribution in [0.25, 0.3) is 10.6 Å². The lowest BCUT2D eigenvalue weighted by molar-refractivity contribution is 0.112. The minimum absolute atomic E-state index is 0.551. The molecule has 0 bridgehead atoms. The second-order valence-electron chi connectivity index (χ2n) is 4.48. The van der Waals surface area contributed by atoms with Gasteiger partial charge in [0.2, 0.25) is 0 Å². The van der Waals surface area contributed by atoms with Crippen molar-refractivity contribution in [1.82, 2.24) is 9.78 Å². The Labute approximate surface area is 135 Å². The van der Waals surface area contributed by atoms with Crippen LogP contribution in [0.4, 0.5) is 0 Å². The molecular formula is C15H10Cl2N2OS. The Bertz CT molecular complexity index is 795. The van der Waals surface area contributed by atoms with Gasteiger partial charge in [-0.25, -0.2) is 0 Å². The van der Waals surface area contributed by atoms with E-state index in [4.69, 9.17) is 23.2 Å². The summed E-state index contributed by atoms with van der Waals surface area (Å²) in [5.74, 6) is 0. The average molecular weight is 337 g/mol. The largest absolute Gasteiger partial charge is 0.298 e. The number of rotatable bonds is 4. The Balaban J connectivity index is 1.94. The van der Waals surface area contributed by atoms with Gasteiger partial charge in [0, 0.05) is 11.2 Å². The quantitative estimate of drug-likeness (QED) is 0.642. The maximum Gasteiger partial charge on any atom is 0.153 e. The van der Waals surface area contributed by atoms with Crippen molar-refractivity contribution in [3.05, 3.63) is 63.1 Å². The molecule has 0 aliphatic heterocycles. The Morgan fingerprint density at radius 2 is 2.10 bits per heavy atom. The summed E-state index contributed by atoms with van der Waals surface area (Å²) in [5.41, 5.74) is 2.23. The van der Waals surface area contributed by atoms with Gasteiger partial charge in [-0.2, -0.15) is 5.10 Å². The van der Waals surface area contributed by atoms with Gasteiger partial charge in [0.15, 0.2) is 6.29 Å². The van der Waals surface area contributed by atoms with E-state index in [2.05, 4.69) is 5.10 Å². The summed E-state index contributed by atoms with van der Waals surface area (Å²) in [7, 11) is 0. The zero-order chi connectivity index (χ0) is 14.8. The van der Waals surface area contributed by atoms with Crippen molar-refractivity contribution in [2.24, 2.45) is 0 Å². The van der Waals surface area contributed by atoms with E-state index in [0.717, 1.165) is 16.7 Å². The molecule has 0 saturated heterocycles. The average Bonchev–Trinajstić information content (AvgIpc) is 3.05. The molecule has 3 aromatic rings. The first-order chi connectivity index (χ1) is 10.2. The van der Waals surface area contributed by atoms with Crippen LogP contribution in [0, 0.1) is 0 Å². The van der Waals surface area contributed by atoms with Gasteiger partial charge in [-0.1, -0.05) is 35.3 Å². The molecule has 0 N–H and O–H groups in total. The van der Waals surface area contributed by atoms with Gasteiger partial charge >= 0.3 is 0 Å². The summed E-state index contributed by atoms with van der Waals surface area (Å²) < 4.78 is 2.41. The lowest BCUT2D eigenvalue weighted by atomic mass is 10.2. The van der Waals surface area contributed by atoms with Crippen LogP contribution in [-0.4, -0.2) is 16.1 Å². The maximum absolute atomic E-state index is 11.2. The van der Waals surface area contributed by atoms with Crippen LogP contribution in [0.1, 0.15) is 15.9 Å². The van der Waals surface area contributed by atoms with Crippen molar-refractivity contribution < 1.29 is 4.79 Å². The molecule has 0 aliphatic carbocycles. The summed E-state index contributed by atoms with van der Waals surface area (Å²) in [6, 6.07) is 11.2. The van der Waals surface area contributed by atoms with E-state index in [9.17, 15) is 4.79 Å². The van der Waals surface area contributed by atoms with Gasteiger partial charge in [0.25, 0.3) is 0 Å². The molecule has 2 heterocycles. The molecule has 0 atom stereocenters. The number of hydrogen-bond acceptors (Lipinski definition) is 3. The number of thiophene rings is 1. The predicted octanol–water partition coefficient (Wildman–Crippen LogP) is 4.78. The molecule has 0 radical (unpaired) electrons. The van der Waals surface area contributed by atoms with E-state index >= 15 is 0 Å². The van der Waals surface area contributed by atoms with Gasteiger partial charge in [-0.3, -0.25) is 9.48 Å². The fourth-order valence-electron chi connectivity index (χ4n) is 2.06. The van der Waals surface area contributed by atoms with E-state index in [1.54, 1.807) is 16.9 Å². The summed E-state index contributed by atoms with van der Waals surface area (Å²) >= 11 is 13.3. The highest BCUT2D eigenvalue weighted by atomic mass is 35.5. The lowest BCUT2D eigenvalue weighted by Crippen LogP contribution is -2.00. The van der Waals surface area contributed by atoms with Crippen LogP contribution in [0.15, 0.2) is 42.6 Å². The van der Waals surface area contributed by atoms with E-state index in [0.29, 0.717) is 27.2 Å². The van der Waals surface area contributed by atoms with Crippen LogP contribution < -0.4 is 0 Å². The Hall–Kier alpha value is -1.62. The zero-order valence-electron chi connectivity index (χ0n) is 10.8. The highest BCUT2D eigenvalue weighted by Crippen LogP contribution is 2.31. The van der Waals surface area contributed by atoms with Crippen LogP contribution in [0.3, 0.4) is 0 Å². The monoisotopic (exact) mass is 336 g/mol. The van der Waals surface area contributed by atoms with E-state index in [1.807, 2.05) is 30.3 Å². The number of carbonyl (C=O) groups is 1. The molecule has 0 spiro atoms. The fourth-order valence-corrected chi connectivity index (χ4v) is 3.32. The van der Waals surface area contributed by atoms with Gasteiger partial charge in [-0.05, 0) is 29.8 Å². The Morgan fingerprint density at radius 1 is 1.24 bits per heavy atom. The second kappa shape index (κ2) is 6.02. The zero-order valence-corrected chi connectivity index (χ0v) is 13.1. The lowest BCUT2D eigenvalue weighted by Gasteiger charge is -2.02. The summed E-state index contributed by atoms with van der Waals surface area (Å²) in [6.45, 7) is 0.556. The molecule has 1 aromatic carbocycles. The van der Waals surface area contributed by atoms with Crippen LogP contribution in [0.2, 0.25) is 9.36 Å². The minimum Gasteiger partial charge on any atom is -0.298 e. The smallest absolute Gasteiger partial charge is 0.153 e. The number of aldehydes is 1. The van der Waals surface area contributed by atoms with Crippen molar-refractivity contribution in [1.29, 1.82) is 0 Å². The van der Waals surface area contributed by atoms with Gasteiger partial charge in [-0.15, -0.1) is 11.3 Å². The minimum atomic E-state index is 0.551. The standard InChI is InChI=1S/C15H10Cl2N2OS/c16-12-3-1-2-10(6-12)7-19-8-11(9-20)15(18-19)13-4-5-14(17)21-13/h1-6,8-9H,7H2. The molecule has 6 heteroatoms. The van der Waals surface area contributed by atoms with Crippen molar-refractivity contribution in [3.63, 3.8) is 0 Å². The first-order valence-electron chi connectivity index (χ1n) is 6.18. The third-order valence-electron chi connectivity index (χ3n) is 2.96. The van der Waals surface area contributed by atoms with Gasteiger partial charge in [0.1, 0.15) is 5.69 Å². The number of halogens is 2. The van der Waals surface area contributed by atoms with Crippen molar-refractivity contribution in [2.75, 3.05) is 0 Å². The second-order valence-corrected chi connectivity index (χ2v) is 6.63. The molecule has 3 nitrogen and oxygen atoms in total. The molecule has 0 unspecified atom stereocenters. The maximum atomic E-state index is 11.2. The van der Waals surface area contributed by atoms with Crippen LogP contribution >= 0.6 is 34.5 Å². The molecular weight excluding hydrogens is 327 g/mol. The highest BCUT2D eigenvalue weighted by Gasteiger charge is 2.13. The first kappa shape index (κ1) is 14.3. The first-order valence-corrected chi connectivity index (χ1v) is 7.76. The molecule has 0 saturated carbocycles. The topological polar surface area (TPSA) is 34.9 Å². The van der Waals surface area contributed by atoms with Crippen LogP contribution in [-0.2, 0) is 6.54 Å². The molecule has 3 rings (SSSR count). The molecule has 0 fully saturated rings. The number of benzene rings is 1. The number of carbonyl (C=O) groups excluding carboxylic acids is 1. The Morgan fingerprint density at radius 3 is 2.76 bits per heavy atom. The Kier molecular flexibility index (Phi) is 4.10. The molecule has 0 amide bonds. The van der Waals surface area contributed by atoms with Gasteiger partial charge < -0.3 is 0 Å². The number of nitrogens with zero attached hydrogens (tertiary/aromatic N) is 2. The summed E-state index contributed by atoms with van der Waals surface area (Å²) in [4.78, 5) is 12.1. The normalized spacial score (nSPS) is 10.8.